The number of rotatable bonds is 4. The number of carbonyl (C=O) groups is 1. The Bertz CT molecular complexity index is 624. The number of nitrogens with zero attached hydrogens (tertiary/aromatic N) is 1. The number of benzene rings is 2. The summed E-state index contributed by atoms with van der Waals surface area (Å²) < 4.78 is 0.829. The van der Waals surface area contributed by atoms with Crippen molar-refractivity contribution in [1.29, 1.82) is 0 Å². The fourth-order valence-electron chi connectivity index (χ4n) is 1.80. The van der Waals surface area contributed by atoms with E-state index in [1.165, 1.54) is 0 Å². The van der Waals surface area contributed by atoms with E-state index in [1.807, 2.05) is 43.3 Å². The standard InChI is InChI=1S/C15H15BrN2O2/c1-18(2)12-6-4-11(5-7-12)17-14-9-10(16)3-8-13(14)15(19)20/h3-9,17H,1-2H3,(H,19,20). The lowest BCUT2D eigenvalue weighted by Gasteiger charge is -2.14. The van der Waals surface area contributed by atoms with Gasteiger partial charge in [-0.25, -0.2) is 4.79 Å². The molecule has 0 amide bonds. The topological polar surface area (TPSA) is 52.6 Å². The Morgan fingerprint density at radius 1 is 1.15 bits per heavy atom. The van der Waals surface area contributed by atoms with Crippen LogP contribution in [0.2, 0.25) is 0 Å². The molecular weight excluding hydrogens is 320 g/mol. The van der Waals surface area contributed by atoms with E-state index < -0.39 is 5.97 Å². The molecule has 0 heterocycles. The molecule has 0 unspecified atom stereocenters. The molecule has 0 aliphatic rings. The van der Waals surface area contributed by atoms with Crippen molar-refractivity contribution in [2.24, 2.45) is 0 Å². The number of hydrogen-bond acceptors (Lipinski definition) is 3. The van der Waals surface area contributed by atoms with Crippen molar-refractivity contribution in [2.75, 3.05) is 24.3 Å². The molecule has 0 saturated carbocycles. The van der Waals surface area contributed by atoms with Crippen molar-refractivity contribution in [2.45, 2.75) is 0 Å². The predicted molar refractivity (Wildman–Crippen MR) is 85.2 cm³/mol. The number of anilines is 3. The summed E-state index contributed by atoms with van der Waals surface area (Å²) in [6.07, 6.45) is 0. The summed E-state index contributed by atoms with van der Waals surface area (Å²) in [5.41, 5.74) is 2.73. The van der Waals surface area contributed by atoms with E-state index in [-0.39, 0.29) is 5.56 Å². The van der Waals surface area contributed by atoms with Crippen LogP contribution in [-0.4, -0.2) is 25.2 Å². The molecule has 20 heavy (non-hydrogen) atoms. The van der Waals surface area contributed by atoms with Crippen LogP contribution in [0.3, 0.4) is 0 Å². The molecule has 2 aromatic rings. The fraction of sp³-hybridized carbons (Fsp3) is 0.133. The lowest BCUT2D eigenvalue weighted by atomic mass is 10.1. The van der Waals surface area contributed by atoms with Crippen molar-refractivity contribution in [3.63, 3.8) is 0 Å². The highest BCUT2D eigenvalue weighted by molar-refractivity contribution is 9.10. The molecule has 0 radical (unpaired) electrons. The molecule has 0 bridgehead atoms. The van der Waals surface area contributed by atoms with Crippen LogP contribution in [0.25, 0.3) is 0 Å². The second-order valence-corrected chi connectivity index (χ2v) is 5.48. The highest BCUT2D eigenvalue weighted by Gasteiger charge is 2.10. The van der Waals surface area contributed by atoms with Gasteiger partial charge < -0.3 is 15.3 Å². The van der Waals surface area contributed by atoms with E-state index in [4.69, 9.17) is 0 Å². The van der Waals surface area contributed by atoms with Gasteiger partial charge in [0.15, 0.2) is 0 Å². The lowest BCUT2D eigenvalue weighted by molar-refractivity contribution is 0.0698. The first-order valence-electron chi connectivity index (χ1n) is 6.04. The third kappa shape index (κ3) is 3.30. The molecular formula is C15H15BrN2O2. The zero-order valence-electron chi connectivity index (χ0n) is 11.2. The minimum Gasteiger partial charge on any atom is -0.478 e. The molecule has 104 valence electrons. The van der Waals surface area contributed by atoms with Gasteiger partial charge in [0.2, 0.25) is 0 Å². The van der Waals surface area contributed by atoms with Crippen molar-refractivity contribution < 1.29 is 9.90 Å². The first kappa shape index (κ1) is 14.4. The summed E-state index contributed by atoms with van der Waals surface area (Å²) in [7, 11) is 3.94. The number of carboxylic acid groups (broad SMARTS) is 1. The highest BCUT2D eigenvalue weighted by Crippen LogP contribution is 2.26. The van der Waals surface area contributed by atoms with Gasteiger partial charge in [-0.2, -0.15) is 0 Å². The summed E-state index contributed by atoms with van der Waals surface area (Å²) in [4.78, 5) is 13.2. The van der Waals surface area contributed by atoms with E-state index in [2.05, 4.69) is 21.2 Å². The van der Waals surface area contributed by atoms with Crippen molar-refractivity contribution in [3.8, 4) is 0 Å². The van der Waals surface area contributed by atoms with E-state index in [0.717, 1.165) is 15.8 Å². The molecule has 0 aromatic heterocycles. The minimum absolute atomic E-state index is 0.241. The van der Waals surface area contributed by atoms with E-state index >= 15 is 0 Å². The maximum absolute atomic E-state index is 11.2. The van der Waals surface area contributed by atoms with Gasteiger partial charge in [-0.15, -0.1) is 0 Å². The van der Waals surface area contributed by atoms with Crippen molar-refractivity contribution >= 4 is 39.0 Å². The minimum atomic E-state index is -0.954. The Morgan fingerprint density at radius 3 is 2.35 bits per heavy atom. The Labute approximate surface area is 126 Å². The van der Waals surface area contributed by atoms with Crippen LogP contribution < -0.4 is 10.2 Å². The lowest BCUT2D eigenvalue weighted by Crippen LogP contribution is -2.08. The molecule has 0 spiro atoms. The van der Waals surface area contributed by atoms with Gasteiger partial charge in [0, 0.05) is 29.9 Å². The maximum Gasteiger partial charge on any atom is 0.337 e. The molecule has 0 fully saturated rings. The van der Waals surface area contributed by atoms with Crippen molar-refractivity contribution in [1.82, 2.24) is 0 Å². The summed E-state index contributed by atoms with van der Waals surface area (Å²) in [6, 6.07) is 12.8. The molecule has 2 rings (SSSR count). The number of carboxylic acids is 1. The third-order valence-electron chi connectivity index (χ3n) is 2.87. The molecule has 0 aliphatic carbocycles. The molecule has 5 heteroatoms. The van der Waals surface area contributed by atoms with Gasteiger partial charge in [0.25, 0.3) is 0 Å². The Morgan fingerprint density at radius 2 is 1.80 bits per heavy atom. The fourth-order valence-corrected chi connectivity index (χ4v) is 2.17. The van der Waals surface area contributed by atoms with Crippen LogP contribution in [0.5, 0.6) is 0 Å². The number of nitrogens with one attached hydrogen (secondary N) is 1. The Balaban J connectivity index is 2.29. The normalized spacial score (nSPS) is 10.2. The predicted octanol–water partition coefficient (Wildman–Crippen LogP) is 3.96. The van der Waals surface area contributed by atoms with Crippen LogP contribution >= 0.6 is 15.9 Å². The molecule has 4 nitrogen and oxygen atoms in total. The largest absolute Gasteiger partial charge is 0.478 e. The van der Waals surface area contributed by atoms with Gasteiger partial charge in [-0.1, -0.05) is 15.9 Å². The molecule has 2 aromatic carbocycles. The van der Waals surface area contributed by atoms with Crippen LogP contribution in [-0.2, 0) is 0 Å². The quantitative estimate of drug-likeness (QED) is 0.888. The van der Waals surface area contributed by atoms with Crippen LogP contribution in [0.1, 0.15) is 10.4 Å². The molecule has 0 atom stereocenters. The summed E-state index contributed by atoms with van der Waals surface area (Å²) in [5, 5.41) is 12.3. The summed E-state index contributed by atoms with van der Waals surface area (Å²) in [5.74, 6) is -0.954. The maximum atomic E-state index is 11.2. The zero-order chi connectivity index (χ0) is 14.7. The molecule has 0 aliphatic heterocycles. The smallest absolute Gasteiger partial charge is 0.337 e. The average Bonchev–Trinajstić information content (AvgIpc) is 2.39. The average molecular weight is 335 g/mol. The highest BCUT2D eigenvalue weighted by atomic mass is 79.9. The number of aromatic carboxylic acids is 1. The monoisotopic (exact) mass is 334 g/mol. The molecule has 0 saturated heterocycles. The van der Waals surface area contributed by atoms with Crippen LogP contribution in [0.4, 0.5) is 17.1 Å². The first-order chi connectivity index (χ1) is 9.47. The van der Waals surface area contributed by atoms with Gasteiger partial charge in [0.1, 0.15) is 0 Å². The Kier molecular flexibility index (Phi) is 4.29. The van der Waals surface area contributed by atoms with Gasteiger partial charge in [-0.3, -0.25) is 0 Å². The summed E-state index contributed by atoms with van der Waals surface area (Å²) >= 11 is 3.35. The number of hydrogen-bond donors (Lipinski definition) is 2. The number of halogens is 1. The van der Waals surface area contributed by atoms with E-state index in [1.54, 1.807) is 18.2 Å². The Hall–Kier alpha value is -2.01. The van der Waals surface area contributed by atoms with E-state index in [0.29, 0.717) is 5.69 Å². The zero-order valence-corrected chi connectivity index (χ0v) is 12.8. The molecule has 2 N–H and O–H groups in total. The van der Waals surface area contributed by atoms with Crippen LogP contribution in [0.15, 0.2) is 46.9 Å². The third-order valence-corrected chi connectivity index (χ3v) is 3.37. The van der Waals surface area contributed by atoms with Crippen molar-refractivity contribution in [3.05, 3.63) is 52.5 Å². The summed E-state index contributed by atoms with van der Waals surface area (Å²) in [6.45, 7) is 0. The van der Waals surface area contributed by atoms with E-state index in [9.17, 15) is 9.90 Å². The first-order valence-corrected chi connectivity index (χ1v) is 6.84. The SMILES string of the molecule is CN(C)c1ccc(Nc2cc(Br)ccc2C(=O)O)cc1. The van der Waals surface area contributed by atoms with Crippen LogP contribution in [0, 0.1) is 0 Å². The van der Waals surface area contributed by atoms with Gasteiger partial charge in [0.05, 0.1) is 11.3 Å². The van der Waals surface area contributed by atoms with Gasteiger partial charge in [-0.05, 0) is 42.5 Å². The van der Waals surface area contributed by atoms with Gasteiger partial charge >= 0.3 is 5.97 Å². The second kappa shape index (κ2) is 5.96. The second-order valence-electron chi connectivity index (χ2n) is 4.56.